The molecule has 9 atom stereocenters. The van der Waals surface area contributed by atoms with Crippen LogP contribution in [0.4, 0.5) is 0 Å². The molecule has 0 aromatic heterocycles. The minimum Gasteiger partial charge on any atom is -0.507 e. The molecule has 62 heavy (non-hydrogen) atoms. The Morgan fingerprint density at radius 1 is 0.903 bits per heavy atom. The van der Waals surface area contributed by atoms with E-state index in [1.807, 2.05) is 0 Å². The zero-order chi connectivity index (χ0) is 44.9. The van der Waals surface area contributed by atoms with Crippen molar-refractivity contribution in [1.29, 1.82) is 0 Å². The summed E-state index contributed by atoms with van der Waals surface area (Å²) in [4.78, 5) is 68.2. The van der Waals surface area contributed by atoms with Crippen LogP contribution in [-0.4, -0.2) is 104 Å². The predicted molar refractivity (Wildman–Crippen MR) is 222 cm³/mol. The molecule has 1 saturated heterocycles. The molecule has 2 saturated carbocycles. The number of hydrogen-bond donors (Lipinski definition) is 7. The Morgan fingerprint density at radius 2 is 1.60 bits per heavy atom. The predicted octanol–water partition coefficient (Wildman–Crippen LogP) is 5.20. The van der Waals surface area contributed by atoms with Crippen molar-refractivity contribution < 1.29 is 68.8 Å². The Balaban J connectivity index is 1.14. The number of aromatic hydroxyl groups is 2. The van der Waals surface area contributed by atoms with Crippen molar-refractivity contribution in [3.05, 3.63) is 51.6 Å². The lowest BCUT2D eigenvalue weighted by molar-refractivity contribution is -0.249. The fraction of sp³-hybridized carbons (Fsp3) is 0.638. The van der Waals surface area contributed by atoms with E-state index in [0.29, 0.717) is 25.2 Å². The highest BCUT2D eigenvalue weighted by molar-refractivity contribution is 6.31. The molecule has 5 unspecified atom stereocenters. The van der Waals surface area contributed by atoms with E-state index < -0.39 is 113 Å². The summed E-state index contributed by atoms with van der Waals surface area (Å²) in [7, 11) is 1.31. The highest BCUT2D eigenvalue weighted by Gasteiger charge is 2.52. The minimum atomic E-state index is -2.37. The van der Waals surface area contributed by atoms with Gasteiger partial charge < -0.3 is 50.2 Å². The van der Waals surface area contributed by atoms with Gasteiger partial charge in [0.15, 0.2) is 17.9 Å². The topological polar surface area (TPSA) is 246 Å². The van der Waals surface area contributed by atoms with Crippen molar-refractivity contribution in [2.24, 2.45) is 22.7 Å². The van der Waals surface area contributed by atoms with Crippen LogP contribution in [0.25, 0.3) is 0 Å². The molecule has 2 aromatic carbocycles. The van der Waals surface area contributed by atoms with Crippen LogP contribution in [0.1, 0.15) is 160 Å². The Labute approximate surface area is 361 Å². The lowest BCUT2D eigenvalue weighted by atomic mass is 9.72. The van der Waals surface area contributed by atoms with Gasteiger partial charge in [0.05, 0.1) is 47.5 Å². The first kappa shape index (κ1) is 45.6. The van der Waals surface area contributed by atoms with Gasteiger partial charge in [0, 0.05) is 42.4 Å². The Kier molecular flexibility index (Phi) is 13.0. The van der Waals surface area contributed by atoms with Crippen LogP contribution >= 0.6 is 0 Å². The number of nitrogens with one attached hydrogen (secondary N) is 1. The number of aliphatic hydroxyl groups is 3. The van der Waals surface area contributed by atoms with E-state index in [-0.39, 0.29) is 52.2 Å². The first-order valence-corrected chi connectivity index (χ1v) is 22.1. The number of carboxylic acid groups (broad SMARTS) is 1. The largest absolute Gasteiger partial charge is 0.507 e. The first-order valence-electron chi connectivity index (χ1n) is 22.1. The molecule has 4 aliphatic carbocycles. The zero-order valence-corrected chi connectivity index (χ0v) is 36.0. The number of aliphatic carboxylic acids is 1. The third-order valence-corrected chi connectivity index (χ3v) is 14.5. The van der Waals surface area contributed by atoms with Crippen molar-refractivity contribution >= 4 is 29.2 Å². The van der Waals surface area contributed by atoms with Crippen LogP contribution in [0.15, 0.2) is 18.2 Å². The summed E-state index contributed by atoms with van der Waals surface area (Å²) in [5.41, 5.74) is -5.17. The minimum absolute atomic E-state index is 0.0577. The van der Waals surface area contributed by atoms with E-state index in [1.54, 1.807) is 6.92 Å². The van der Waals surface area contributed by atoms with Crippen LogP contribution in [0.5, 0.6) is 17.2 Å². The molecule has 1 heterocycles. The van der Waals surface area contributed by atoms with Crippen LogP contribution in [0.2, 0.25) is 0 Å². The third-order valence-electron chi connectivity index (χ3n) is 14.5. The first-order chi connectivity index (χ1) is 29.3. The van der Waals surface area contributed by atoms with E-state index in [9.17, 15) is 54.6 Å². The number of aliphatic hydroxyl groups excluding tert-OH is 2. The molecular formula is C47H61NO14. The quantitative estimate of drug-likeness (QED) is 0.137. The number of Topliss-reactive ketones (excluding diaryl/α,β-unsaturated/α-hetero) is 1. The van der Waals surface area contributed by atoms with Gasteiger partial charge in [-0.15, -0.1) is 0 Å². The number of benzene rings is 2. The molecular weight excluding hydrogens is 803 g/mol. The van der Waals surface area contributed by atoms with Gasteiger partial charge in [0.2, 0.25) is 11.7 Å². The van der Waals surface area contributed by atoms with Crippen LogP contribution in [-0.2, 0) is 30.3 Å². The molecule has 0 bridgehead atoms. The number of rotatable bonds is 9. The van der Waals surface area contributed by atoms with E-state index in [0.717, 1.165) is 44.9 Å². The fourth-order valence-corrected chi connectivity index (χ4v) is 10.7. The molecule has 15 nitrogen and oxygen atoms in total. The SMILES string of the molecule is COc1cccc2c1C(=O)c1c(O)c3c(c(O)c1C2=O)C[C@@](O)(C(=O)CO)C[C@@H]3O[C@H]1CC(NC(=O)CC2(C(=O)O)CCCCCCCC(C)(C)CCC3CC3C2)[C@H](O)C(C)O1. The second-order valence-corrected chi connectivity index (χ2v) is 19.4. The second-order valence-electron chi connectivity index (χ2n) is 19.4. The Morgan fingerprint density at radius 3 is 2.29 bits per heavy atom. The highest BCUT2D eigenvalue weighted by atomic mass is 16.7. The third kappa shape index (κ3) is 8.75. The van der Waals surface area contributed by atoms with Crippen LogP contribution in [0, 0.1) is 22.7 Å². The summed E-state index contributed by atoms with van der Waals surface area (Å²) in [6, 6.07) is 3.32. The van der Waals surface area contributed by atoms with Crippen molar-refractivity contribution in [3.8, 4) is 17.2 Å². The molecule has 1 aliphatic heterocycles. The maximum absolute atomic E-state index is 14.1. The molecule has 7 N–H and O–H groups in total. The van der Waals surface area contributed by atoms with Crippen LogP contribution < -0.4 is 10.1 Å². The molecule has 2 aromatic rings. The van der Waals surface area contributed by atoms with Gasteiger partial charge in [-0.1, -0.05) is 58.1 Å². The zero-order valence-electron chi connectivity index (χ0n) is 36.0. The number of ketones is 3. The second kappa shape index (κ2) is 17.6. The van der Waals surface area contributed by atoms with Crippen molar-refractivity contribution in [3.63, 3.8) is 0 Å². The summed E-state index contributed by atoms with van der Waals surface area (Å²) in [5, 5.41) is 70.1. The summed E-state index contributed by atoms with van der Waals surface area (Å²) >= 11 is 0. The highest BCUT2D eigenvalue weighted by Crippen LogP contribution is 2.54. The van der Waals surface area contributed by atoms with Crippen molar-refractivity contribution in [2.75, 3.05) is 13.7 Å². The molecule has 7 rings (SSSR count). The van der Waals surface area contributed by atoms with E-state index in [4.69, 9.17) is 14.2 Å². The molecule has 0 spiro atoms. The number of ether oxygens (including phenoxy) is 3. The molecule has 1 amide bonds. The number of fused-ring (bicyclic) bond motifs is 4. The average Bonchev–Trinajstić information content (AvgIpc) is 3.97. The lowest BCUT2D eigenvalue weighted by Gasteiger charge is -2.43. The molecule has 5 aliphatic rings. The van der Waals surface area contributed by atoms with Gasteiger partial charge >= 0.3 is 5.97 Å². The van der Waals surface area contributed by atoms with Gasteiger partial charge in [-0.2, -0.15) is 0 Å². The van der Waals surface area contributed by atoms with Gasteiger partial charge in [-0.3, -0.25) is 24.0 Å². The van der Waals surface area contributed by atoms with Gasteiger partial charge in [-0.05, 0) is 68.8 Å². The monoisotopic (exact) mass is 863 g/mol. The van der Waals surface area contributed by atoms with Gasteiger partial charge in [-0.25, -0.2) is 0 Å². The maximum Gasteiger partial charge on any atom is 0.310 e. The number of methoxy groups -OCH3 is 1. The summed E-state index contributed by atoms with van der Waals surface area (Å²) in [6.07, 6.45) is 2.98. The Hall–Kier alpha value is -4.41. The number of amides is 1. The van der Waals surface area contributed by atoms with E-state index in [1.165, 1.54) is 31.7 Å². The Bertz CT molecular complexity index is 2120. The molecule has 15 heteroatoms. The van der Waals surface area contributed by atoms with Crippen molar-refractivity contribution in [1.82, 2.24) is 5.32 Å². The molecule has 3 fully saturated rings. The van der Waals surface area contributed by atoms with Gasteiger partial charge in [0.1, 0.15) is 35.6 Å². The van der Waals surface area contributed by atoms with E-state index in [2.05, 4.69) is 19.2 Å². The van der Waals surface area contributed by atoms with E-state index >= 15 is 0 Å². The number of carboxylic acids is 1. The van der Waals surface area contributed by atoms with Gasteiger partial charge in [0.25, 0.3) is 0 Å². The smallest absolute Gasteiger partial charge is 0.310 e. The molecule has 338 valence electrons. The van der Waals surface area contributed by atoms with Crippen LogP contribution in [0.3, 0.4) is 0 Å². The number of phenolic OH excluding ortho intramolecular Hbond substituents is 2. The summed E-state index contributed by atoms with van der Waals surface area (Å²) in [6.45, 7) is 5.06. The summed E-state index contributed by atoms with van der Waals surface area (Å²) < 4.78 is 17.7. The number of carbonyl (C=O) groups is 5. The number of phenols is 2. The van der Waals surface area contributed by atoms with Crippen molar-refractivity contribution in [2.45, 2.75) is 153 Å². The fourth-order valence-electron chi connectivity index (χ4n) is 10.7. The maximum atomic E-state index is 14.1. The summed E-state index contributed by atoms with van der Waals surface area (Å²) in [5.74, 6) is -5.03. The lowest BCUT2D eigenvalue weighted by Crippen LogP contribution is -2.56. The normalized spacial score (nSPS) is 32.2. The molecule has 0 radical (unpaired) electrons. The average molecular weight is 864 g/mol. The number of hydrogen-bond acceptors (Lipinski definition) is 13. The number of carbonyl (C=O) groups excluding carboxylic acids is 4. The standard InChI is InChI=1S/C47H61NO14/c1-24-39(52)29(48-33(51)22-46(44(57)58)15-9-7-5-6-8-14-45(2,3)16-13-25-17-26(25)19-46)18-34(61-24)62-31-21-47(59,32(50)23-49)20-28-36(31)43(56)38-37(41(28)54)40(53)27-11-10-12-30(60-4)35(27)42(38)55/h10-12,24-26,29,31,34,39,49,52,54,56,59H,5-9,13-23H2,1-4H3,(H,48,51)(H,57,58)/t24?,25?,26?,29?,31-,34-,39+,46?,47-/m0/s1.